The number of hydrogen-bond donors (Lipinski definition) is 2. The highest BCUT2D eigenvalue weighted by molar-refractivity contribution is 6.58. The quantitative estimate of drug-likeness (QED) is 0.747. The minimum absolute atomic E-state index is 0.183. The van der Waals surface area contributed by atoms with Crippen LogP contribution in [0.3, 0.4) is 0 Å². The van der Waals surface area contributed by atoms with E-state index in [2.05, 4.69) is 23.9 Å². The number of nitrogens with zero attached hydrogens (tertiary/aromatic N) is 2. The summed E-state index contributed by atoms with van der Waals surface area (Å²) in [5, 5.41) is 18.1. The van der Waals surface area contributed by atoms with E-state index in [1.54, 1.807) is 12.1 Å². The van der Waals surface area contributed by atoms with E-state index >= 15 is 0 Å². The lowest BCUT2D eigenvalue weighted by molar-refractivity contribution is 0.0256. The molecule has 0 aromatic heterocycles. The van der Waals surface area contributed by atoms with Gasteiger partial charge in [0.2, 0.25) is 0 Å². The van der Waals surface area contributed by atoms with Gasteiger partial charge in [0, 0.05) is 24.2 Å². The predicted octanol–water partition coefficient (Wildman–Crippen LogP) is 0.422. The van der Waals surface area contributed by atoms with E-state index in [0.717, 1.165) is 6.54 Å². The third-order valence-electron chi connectivity index (χ3n) is 4.61. The molecule has 116 valence electrons. The fraction of sp³-hybridized carbons (Fsp3) is 0.600. The van der Waals surface area contributed by atoms with Crippen LogP contribution in [0.2, 0.25) is 0 Å². The van der Waals surface area contributed by atoms with Crippen LogP contribution in [-0.4, -0.2) is 60.2 Å². The molecule has 0 atom stereocenters. The lowest BCUT2D eigenvalue weighted by Gasteiger charge is -2.49. The maximum Gasteiger partial charge on any atom is 0.488 e. The summed E-state index contributed by atoms with van der Waals surface area (Å²) >= 11 is 0. The fourth-order valence-corrected chi connectivity index (χ4v) is 3.03. The maximum absolute atomic E-state index is 14.0. The van der Waals surface area contributed by atoms with Gasteiger partial charge in [0.25, 0.3) is 0 Å². The molecule has 1 saturated carbocycles. The normalized spacial score (nSPS) is 17.1. The van der Waals surface area contributed by atoms with Gasteiger partial charge in [0.15, 0.2) is 0 Å². The smallest absolute Gasteiger partial charge is 0.423 e. The molecule has 0 unspecified atom stereocenters. The number of hydrogen-bond acceptors (Lipinski definition) is 4. The summed E-state index contributed by atoms with van der Waals surface area (Å²) in [4.78, 5) is 4.40. The number of benzene rings is 1. The minimum atomic E-state index is -1.63. The van der Waals surface area contributed by atoms with Crippen LogP contribution >= 0.6 is 0 Å². The van der Waals surface area contributed by atoms with Crippen molar-refractivity contribution < 1.29 is 14.4 Å². The highest BCUT2D eigenvalue weighted by Crippen LogP contribution is 2.36. The Morgan fingerprint density at radius 3 is 2.33 bits per heavy atom. The molecule has 0 saturated heterocycles. The van der Waals surface area contributed by atoms with Gasteiger partial charge < -0.3 is 19.8 Å². The molecule has 0 amide bonds. The standard InChI is InChI=1S/C15H24BFN2O2/c1-18(2)15(7-4-8-15)11-19(3)10-12-5-6-13(16(20)21)9-14(12)17/h5-6,9,20-21H,4,7-8,10-11H2,1-3H3. The molecule has 0 bridgehead atoms. The molecule has 0 radical (unpaired) electrons. The van der Waals surface area contributed by atoms with Crippen molar-refractivity contribution in [3.63, 3.8) is 0 Å². The average molecular weight is 294 g/mol. The van der Waals surface area contributed by atoms with E-state index in [1.807, 2.05) is 7.05 Å². The molecular formula is C15H24BFN2O2. The Balaban J connectivity index is 2.01. The first-order valence-electron chi connectivity index (χ1n) is 7.34. The third-order valence-corrected chi connectivity index (χ3v) is 4.61. The molecule has 4 nitrogen and oxygen atoms in total. The Morgan fingerprint density at radius 2 is 1.90 bits per heavy atom. The van der Waals surface area contributed by atoms with Crippen molar-refractivity contribution in [2.24, 2.45) is 0 Å². The zero-order valence-corrected chi connectivity index (χ0v) is 13.0. The maximum atomic E-state index is 14.0. The van der Waals surface area contributed by atoms with Gasteiger partial charge in [-0.2, -0.15) is 0 Å². The summed E-state index contributed by atoms with van der Waals surface area (Å²) in [6.45, 7) is 1.42. The number of likely N-dealkylation sites (N-methyl/N-ethyl adjacent to an activating group) is 2. The van der Waals surface area contributed by atoms with Crippen LogP contribution in [0, 0.1) is 5.82 Å². The van der Waals surface area contributed by atoms with Gasteiger partial charge in [0.05, 0.1) is 0 Å². The van der Waals surface area contributed by atoms with Crippen molar-refractivity contribution in [2.75, 3.05) is 27.7 Å². The SMILES string of the molecule is CN(Cc1ccc(B(O)O)cc1F)CC1(N(C)C)CCC1. The lowest BCUT2D eigenvalue weighted by Crippen LogP contribution is -2.56. The first-order chi connectivity index (χ1) is 9.84. The zero-order chi connectivity index (χ0) is 15.6. The first-order valence-corrected chi connectivity index (χ1v) is 7.34. The molecule has 1 aliphatic rings. The molecule has 0 heterocycles. The van der Waals surface area contributed by atoms with Crippen LogP contribution in [0.15, 0.2) is 18.2 Å². The fourth-order valence-electron chi connectivity index (χ4n) is 3.03. The van der Waals surface area contributed by atoms with E-state index in [4.69, 9.17) is 10.0 Å². The summed E-state index contributed by atoms with van der Waals surface area (Å²) in [6, 6.07) is 4.38. The molecule has 1 aromatic carbocycles. The molecular weight excluding hydrogens is 270 g/mol. The van der Waals surface area contributed by atoms with Gasteiger partial charge in [-0.25, -0.2) is 4.39 Å². The minimum Gasteiger partial charge on any atom is -0.423 e. The van der Waals surface area contributed by atoms with Crippen LogP contribution in [0.5, 0.6) is 0 Å². The van der Waals surface area contributed by atoms with Gasteiger partial charge in [0.1, 0.15) is 5.82 Å². The zero-order valence-electron chi connectivity index (χ0n) is 13.0. The summed E-state index contributed by atoms with van der Waals surface area (Å²) in [5.74, 6) is -0.389. The van der Waals surface area contributed by atoms with Crippen LogP contribution < -0.4 is 5.46 Å². The Kier molecular flexibility index (Phi) is 5.04. The Labute approximate surface area is 126 Å². The Bertz CT molecular complexity index is 493. The molecule has 2 N–H and O–H groups in total. The topological polar surface area (TPSA) is 46.9 Å². The summed E-state index contributed by atoms with van der Waals surface area (Å²) in [5.41, 5.74) is 0.977. The Hall–Kier alpha value is -0.945. The summed E-state index contributed by atoms with van der Waals surface area (Å²) in [7, 11) is 4.58. The largest absolute Gasteiger partial charge is 0.488 e. The monoisotopic (exact) mass is 294 g/mol. The average Bonchev–Trinajstić information content (AvgIpc) is 2.35. The molecule has 1 fully saturated rings. The van der Waals surface area contributed by atoms with Crippen molar-refractivity contribution in [1.82, 2.24) is 9.80 Å². The second-order valence-electron chi connectivity index (χ2n) is 6.37. The molecule has 1 aromatic rings. The molecule has 0 spiro atoms. The molecule has 0 aliphatic heterocycles. The second-order valence-corrected chi connectivity index (χ2v) is 6.37. The van der Waals surface area contributed by atoms with E-state index in [-0.39, 0.29) is 16.8 Å². The van der Waals surface area contributed by atoms with Crippen molar-refractivity contribution in [3.05, 3.63) is 29.6 Å². The lowest BCUT2D eigenvalue weighted by atomic mass is 9.75. The highest BCUT2D eigenvalue weighted by atomic mass is 19.1. The van der Waals surface area contributed by atoms with E-state index in [0.29, 0.717) is 12.1 Å². The van der Waals surface area contributed by atoms with E-state index in [9.17, 15) is 4.39 Å². The van der Waals surface area contributed by atoms with Crippen molar-refractivity contribution in [3.8, 4) is 0 Å². The van der Waals surface area contributed by atoms with Crippen LogP contribution in [-0.2, 0) is 6.54 Å². The van der Waals surface area contributed by atoms with Gasteiger partial charge in [-0.3, -0.25) is 0 Å². The third kappa shape index (κ3) is 3.63. The molecule has 2 rings (SSSR count). The van der Waals surface area contributed by atoms with E-state index < -0.39 is 7.12 Å². The van der Waals surface area contributed by atoms with Crippen LogP contribution in [0.1, 0.15) is 24.8 Å². The van der Waals surface area contributed by atoms with Crippen molar-refractivity contribution in [2.45, 2.75) is 31.3 Å². The van der Waals surface area contributed by atoms with Crippen molar-refractivity contribution in [1.29, 1.82) is 0 Å². The molecule has 1 aliphatic carbocycles. The number of halogens is 1. The van der Waals surface area contributed by atoms with Gasteiger partial charge in [-0.15, -0.1) is 0 Å². The Morgan fingerprint density at radius 1 is 1.24 bits per heavy atom. The summed E-state index contributed by atoms with van der Waals surface area (Å²) in [6.07, 6.45) is 3.62. The predicted molar refractivity (Wildman–Crippen MR) is 82.8 cm³/mol. The van der Waals surface area contributed by atoms with Gasteiger partial charge >= 0.3 is 7.12 Å². The molecule has 21 heavy (non-hydrogen) atoms. The van der Waals surface area contributed by atoms with E-state index in [1.165, 1.54) is 25.3 Å². The van der Waals surface area contributed by atoms with Crippen LogP contribution in [0.4, 0.5) is 4.39 Å². The van der Waals surface area contributed by atoms with Crippen LogP contribution in [0.25, 0.3) is 0 Å². The van der Waals surface area contributed by atoms with Gasteiger partial charge in [-0.05, 0) is 51.9 Å². The van der Waals surface area contributed by atoms with Crippen molar-refractivity contribution >= 4 is 12.6 Å². The molecule has 6 heteroatoms. The van der Waals surface area contributed by atoms with Gasteiger partial charge in [-0.1, -0.05) is 12.1 Å². The number of rotatable bonds is 6. The summed E-state index contributed by atoms with van der Waals surface area (Å²) < 4.78 is 14.0. The first kappa shape index (κ1) is 16.4. The second kappa shape index (κ2) is 6.44. The highest BCUT2D eigenvalue weighted by Gasteiger charge is 2.39.